The van der Waals surface area contributed by atoms with Crippen LogP contribution in [0.25, 0.3) is 0 Å². The molecule has 0 aromatic carbocycles. The zero-order valence-electron chi connectivity index (χ0n) is 12.2. The van der Waals surface area contributed by atoms with Crippen molar-refractivity contribution in [2.45, 2.75) is 77.5 Å². The lowest BCUT2D eigenvalue weighted by Gasteiger charge is -2.29. The number of ether oxygens (including phenoxy) is 1. The molecule has 100 valence electrons. The summed E-state index contributed by atoms with van der Waals surface area (Å²) >= 11 is 0. The summed E-state index contributed by atoms with van der Waals surface area (Å²) in [6.07, 6.45) is 5.26. The molecule has 1 saturated heterocycles. The Labute approximate surface area is 107 Å². The van der Waals surface area contributed by atoms with E-state index in [0.29, 0.717) is 5.92 Å². The van der Waals surface area contributed by atoms with Crippen molar-refractivity contribution in [2.24, 2.45) is 11.8 Å². The first kappa shape index (κ1) is 13.4. The summed E-state index contributed by atoms with van der Waals surface area (Å²) in [6, 6.07) is 0.835. The molecule has 0 bridgehead atoms. The zero-order valence-corrected chi connectivity index (χ0v) is 12.2. The van der Waals surface area contributed by atoms with Gasteiger partial charge in [-0.05, 0) is 71.8 Å². The molecule has 2 atom stereocenters. The third-order valence-corrected chi connectivity index (χ3v) is 4.28. The van der Waals surface area contributed by atoms with Crippen LogP contribution in [0.4, 0.5) is 0 Å². The minimum Gasteiger partial charge on any atom is -0.369 e. The highest BCUT2D eigenvalue weighted by Crippen LogP contribution is 2.44. The van der Waals surface area contributed by atoms with Crippen molar-refractivity contribution < 1.29 is 4.74 Å². The van der Waals surface area contributed by atoms with Gasteiger partial charge in [0.1, 0.15) is 0 Å². The minimum atomic E-state index is 0.0529. The summed E-state index contributed by atoms with van der Waals surface area (Å²) in [5.41, 5.74) is 0.120. The monoisotopic (exact) mass is 239 g/mol. The molecule has 1 aliphatic carbocycles. The number of nitrogens with one attached hydrogen (secondary N) is 1. The number of hydrogen-bond donors (Lipinski definition) is 1. The molecule has 2 unspecified atom stereocenters. The van der Waals surface area contributed by atoms with E-state index in [4.69, 9.17) is 4.74 Å². The van der Waals surface area contributed by atoms with Gasteiger partial charge in [-0.25, -0.2) is 0 Å². The summed E-state index contributed by atoms with van der Waals surface area (Å²) in [6.45, 7) is 12.5. The average molecular weight is 239 g/mol. The lowest BCUT2D eigenvalue weighted by atomic mass is 9.81. The Balaban J connectivity index is 1.80. The first-order chi connectivity index (χ1) is 7.78. The van der Waals surface area contributed by atoms with Crippen LogP contribution in [0.3, 0.4) is 0 Å². The van der Waals surface area contributed by atoms with Crippen LogP contribution in [-0.4, -0.2) is 23.8 Å². The van der Waals surface area contributed by atoms with Crippen LogP contribution in [0.1, 0.15) is 60.3 Å². The first-order valence-corrected chi connectivity index (χ1v) is 7.22. The van der Waals surface area contributed by atoms with Gasteiger partial charge in [-0.3, -0.25) is 0 Å². The van der Waals surface area contributed by atoms with Crippen molar-refractivity contribution in [3.05, 3.63) is 0 Å². The molecule has 0 aromatic heterocycles. The van der Waals surface area contributed by atoms with Gasteiger partial charge in [0.05, 0.1) is 11.2 Å². The van der Waals surface area contributed by atoms with E-state index in [-0.39, 0.29) is 11.2 Å². The van der Waals surface area contributed by atoms with E-state index in [9.17, 15) is 0 Å². The van der Waals surface area contributed by atoms with Gasteiger partial charge in [0, 0.05) is 6.04 Å². The standard InChI is InChI=1S/C15H29NO/c1-11(10-16-13-6-7-13)8-12-9-14(2,3)17-15(12,4)5/h11-13,16H,6-10H2,1-5H3. The quantitative estimate of drug-likeness (QED) is 0.794. The van der Waals surface area contributed by atoms with E-state index < -0.39 is 0 Å². The van der Waals surface area contributed by atoms with Crippen LogP contribution in [0.5, 0.6) is 0 Å². The molecule has 0 spiro atoms. The smallest absolute Gasteiger partial charge is 0.0662 e. The Kier molecular flexibility index (Phi) is 3.57. The Hall–Kier alpha value is -0.0800. The molecule has 0 amide bonds. The van der Waals surface area contributed by atoms with Crippen molar-refractivity contribution in [2.75, 3.05) is 6.54 Å². The summed E-state index contributed by atoms with van der Waals surface area (Å²) in [5, 5.41) is 3.64. The largest absolute Gasteiger partial charge is 0.369 e. The first-order valence-electron chi connectivity index (χ1n) is 7.22. The molecule has 2 nitrogen and oxygen atoms in total. The van der Waals surface area contributed by atoms with E-state index >= 15 is 0 Å². The van der Waals surface area contributed by atoms with Crippen LogP contribution >= 0.6 is 0 Å². The van der Waals surface area contributed by atoms with Gasteiger partial charge in [-0.1, -0.05) is 6.92 Å². The SMILES string of the molecule is CC(CNC1CC1)CC1CC(C)(C)OC1(C)C. The molecule has 0 radical (unpaired) electrons. The van der Waals surface area contributed by atoms with Crippen molar-refractivity contribution in [3.8, 4) is 0 Å². The Bertz CT molecular complexity index is 268. The second-order valence-electron chi connectivity index (χ2n) is 7.39. The highest BCUT2D eigenvalue weighted by molar-refractivity contribution is 4.95. The van der Waals surface area contributed by atoms with E-state index in [0.717, 1.165) is 12.0 Å². The van der Waals surface area contributed by atoms with Gasteiger partial charge in [0.25, 0.3) is 0 Å². The van der Waals surface area contributed by atoms with Crippen LogP contribution in [0.2, 0.25) is 0 Å². The maximum Gasteiger partial charge on any atom is 0.0662 e. The van der Waals surface area contributed by atoms with Gasteiger partial charge in [-0.2, -0.15) is 0 Å². The van der Waals surface area contributed by atoms with E-state index in [1.165, 1.54) is 32.2 Å². The minimum absolute atomic E-state index is 0.0529. The Morgan fingerprint density at radius 1 is 1.24 bits per heavy atom. The second-order valence-corrected chi connectivity index (χ2v) is 7.39. The maximum absolute atomic E-state index is 6.17. The van der Waals surface area contributed by atoms with Gasteiger partial charge in [0.2, 0.25) is 0 Å². The summed E-state index contributed by atoms with van der Waals surface area (Å²) in [7, 11) is 0. The van der Waals surface area contributed by atoms with Crippen molar-refractivity contribution in [3.63, 3.8) is 0 Å². The molecule has 1 N–H and O–H groups in total. The highest BCUT2D eigenvalue weighted by Gasteiger charge is 2.45. The fourth-order valence-corrected chi connectivity index (χ4v) is 3.27. The lowest BCUT2D eigenvalue weighted by molar-refractivity contribution is -0.0762. The predicted octanol–water partition coefficient (Wildman–Crippen LogP) is 3.36. The van der Waals surface area contributed by atoms with Gasteiger partial charge in [-0.15, -0.1) is 0 Å². The summed E-state index contributed by atoms with van der Waals surface area (Å²) in [5.74, 6) is 1.46. The van der Waals surface area contributed by atoms with Crippen molar-refractivity contribution in [1.82, 2.24) is 5.32 Å². The number of hydrogen-bond acceptors (Lipinski definition) is 2. The van der Waals surface area contributed by atoms with Crippen LogP contribution in [0.15, 0.2) is 0 Å². The maximum atomic E-state index is 6.17. The molecule has 2 rings (SSSR count). The second kappa shape index (κ2) is 4.55. The Morgan fingerprint density at radius 2 is 1.88 bits per heavy atom. The average Bonchev–Trinajstić information content (AvgIpc) is 2.91. The summed E-state index contributed by atoms with van der Waals surface area (Å²) < 4.78 is 6.17. The summed E-state index contributed by atoms with van der Waals surface area (Å²) in [4.78, 5) is 0. The van der Waals surface area contributed by atoms with E-state index in [1.807, 2.05) is 0 Å². The highest BCUT2D eigenvalue weighted by atomic mass is 16.5. The molecular weight excluding hydrogens is 210 g/mol. The van der Waals surface area contributed by atoms with Crippen molar-refractivity contribution >= 4 is 0 Å². The normalized spacial score (nSPS) is 32.6. The molecule has 17 heavy (non-hydrogen) atoms. The third kappa shape index (κ3) is 3.69. The molecule has 1 saturated carbocycles. The molecular formula is C15H29NO. The molecule has 0 aromatic rings. The van der Waals surface area contributed by atoms with Crippen LogP contribution < -0.4 is 5.32 Å². The fraction of sp³-hybridized carbons (Fsp3) is 1.00. The molecule has 2 fully saturated rings. The number of rotatable bonds is 5. The van der Waals surface area contributed by atoms with Crippen molar-refractivity contribution in [1.29, 1.82) is 0 Å². The topological polar surface area (TPSA) is 21.3 Å². The van der Waals surface area contributed by atoms with Gasteiger partial charge >= 0.3 is 0 Å². The fourth-order valence-electron chi connectivity index (χ4n) is 3.27. The molecule has 1 heterocycles. The third-order valence-electron chi connectivity index (χ3n) is 4.28. The van der Waals surface area contributed by atoms with Crippen LogP contribution in [0, 0.1) is 11.8 Å². The molecule has 2 aliphatic rings. The van der Waals surface area contributed by atoms with Crippen LogP contribution in [-0.2, 0) is 4.74 Å². The zero-order chi connectivity index (χ0) is 12.7. The van der Waals surface area contributed by atoms with E-state index in [2.05, 4.69) is 39.9 Å². The van der Waals surface area contributed by atoms with Gasteiger partial charge < -0.3 is 10.1 Å². The Morgan fingerprint density at radius 3 is 2.35 bits per heavy atom. The molecule has 1 aliphatic heterocycles. The van der Waals surface area contributed by atoms with Gasteiger partial charge in [0.15, 0.2) is 0 Å². The lowest BCUT2D eigenvalue weighted by Crippen LogP contribution is -2.32. The van der Waals surface area contributed by atoms with E-state index in [1.54, 1.807) is 0 Å². The predicted molar refractivity (Wildman–Crippen MR) is 72.2 cm³/mol. The molecule has 2 heteroatoms.